The molecule has 3 rings (SSSR count). The van der Waals surface area contributed by atoms with Gasteiger partial charge in [-0.3, -0.25) is 9.59 Å². The van der Waals surface area contributed by atoms with Gasteiger partial charge in [0, 0.05) is 35.5 Å². The molecule has 1 fully saturated rings. The lowest BCUT2D eigenvalue weighted by molar-refractivity contribution is -0.142. The van der Waals surface area contributed by atoms with Crippen molar-refractivity contribution in [3.8, 4) is 16.2 Å². The standard InChI is InChI=1S/C27H39N3O4S/c1-16-10-11-35-22(16)17-8-9-18(21(32)12-17)14-28-24(33)20-13-19(31)15-30(20)25(34)23(26(2,3)4)29-27(5,6)7/h8-12,19-20,23,29,31-32H,13-15H2,1-7H3,(H,28,33)/t19-,20-,23+/m0/s1. The molecule has 8 heteroatoms. The van der Waals surface area contributed by atoms with E-state index in [0.29, 0.717) is 5.56 Å². The van der Waals surface area contributed by atoms with Gasteiger partial charge >= 0.3 is 0 Å². The molecular formula is C27H39N3O4S. The van der Waals surface area contributed by atoms with Crippen LogP contribution in [0.3, 0.4) is 0 Å². The number of rotatable bonds is 6. The van der Waals surface area contributed by atoms with E-state index in [1.807, 2.05) is 66.0 Å². The number of amides is 2. The molecule has 2 heterocycles. The summed E-state index contributed by atoms with van der Waals surface area (Å²) in [7, 11) is 0. The predicted molar refractivity (Wildman–Crippen MR) is 140 cm³/mol. The third-order valence-corrected chi connectivity index (χ3v) is 7.28. The van der Waals surface area contributed by atoms with Crippen LogP contribution in [0.1, 0.15) is 59.1 Å². The monoisotopic (exact) mass is 501 g/mol. The van der Waals surface area contributed by atoms with Gasteiger partial charge in [0.2, 0.25) is 11.8 Å². The van der Waals surface area contributed by atoms with Crippen LogP contribution in [0.5, 0.6) is 5.75 Å². The number of benzene rings is 1. The maximum absolute atomic E-state index is 13.6. The summed E-state index contributed by atoms with van der Waals surface area (Å²) >= 11 is 1.62. The molecule has 1 aromatic carbocycles. The summed E-state index contributed by atoms with van der Waals surface area (Å²) < 4.78 is 0. The fourth-order valence-electron chi connectivity index (χ4n) is 4.38. The molecule has 0 aliphatic carbocycles. The number of β-amino-alcohol motifs (C(OH)–C–C–N with tert-alkyl or cyclic N) is 1. The highest BCUT2D eigenvalue weighted by Gasteiger charge is 2.44. The van der Waals surface area contributed by atoms with Gasteiger partial charge in [-0.25, -0.2) is 0 Å². The topological polar surface area (TPSA) is 102 Å². The van der Waals surface area contributed by atoms with Crippen molar-refractivity contribution in [1.82, 2.24) is 15.5 Å². The Labute approximate surface area is 212 Å². The smallest absolute Gasteiger partial charge is 0.243 e. The zero-order valence-corrected chi connectivity index (χ0v) is 22.6. The molecule has 0 saturated carbocycles. The van der Waals surface area contributed by atoms with Crippen LogP contribution in [0, 0.1) is 12.3 Å². The molecule has 1 aliphatic heterocycles. The SMILES string of the molecule is Cc1ccsc1-c1ccc(CNC(=O)[C@@H]2C[C@H](O)CN2C(=O)[C@@H](NC(C)(C)C)C(C)(C)C)c(O)c1. The number of thiophene rings is 1. The lowest BCUT2D eigenvalue weighted by Crippen LogP contribution is -2.60. The Morgan fingerprint density at radius 3 is 2.40 bits per heavy atom. The van der Waals surface area contributed by atoms with Crippen molar-refractivity contribution in [2.24, 2.45) is 5.41 Å². The van der Waals surface area contributed by atoms with Crippen molar-refractivity contribution in [2.75, 3.05) is 6.54 Å². The molecule has 1 saturated heterocycles. The first-order valence-corrected chi connectivity index (χ1v) is 13.0. The van der Waals surface area contributed by atoms with E-state index in [9.17, 15) is 19.8 Å². The number of nitrogens with one attached hydrogen (secondary N) is 2. The minimum atomic E-state index is -0.765. The normalized spacial score (nSPS) is 19.6. The van der Waals surface area contributed by atoms with Crippen LogP contribution in [0.4, 0.5) is 0 Å². The quantitative estimate of drug-likeness (QED) is 0.482. The third kappa shape index (κ3) is 6.63. The highest BCUT2D eigenvalue weighted by Crippen LogP contribution is 2.33. The van der Waals surface area contributed by atoms with Gasteiger partial charge in [-0.1, -0.05) is 32.9 Å². The molecular weight excluding hydrogens is 462 g/mol. The van der Waals surface area contributed by atoms with E-state index in [1.165, 1.54) is 4.90 Å². The van der Waals surface area contributed by atoms with Gasteiger partial charge in [-0.05, 0) is 61.7 Å². The largest absolute Gasteiger partial charge is 0.508 e. The summed E-state index contributed by atoms with van der Waals surface area (Å²) in [6.07, 6.45) is -0.571. The van der Waals surface area contributed by atoms with Crippen LogP contribution in [0.25, 0.3) is 10.4 Å². The first-order chi connectivity index (χ1) is 16.2. The second-order valence-electron chi connectivity index (χ2n) is 11.6. The molecule has 0 radical (unpaired) electrons. The molecule has 2 amide bonds. The number of aryl methyl sites for hydroxylation is 1. The van der Waals surface area contributed by atoms with Crippen molar-refractivity contribution < 1.29 is 19.8 Å². The van der Waals surface area contributed by atoms with Gasteiger partial charge in [-0.15, -0.1) is 11.3 Å². The second kappa shape index (κ2) is 10.3. The summed E-state index contributed by atoms with van der Waals surface area (Å²) in [4.78, 5) is 29.3. The molecule has 0 unspecified atom stereocenters. The Hall–Kier alpha value is -2.42. The van der Waals surface area contributed by atoms with Crippen LogP contribution in [-0.2, 0) is 16.1 Å². The number of carbonyl (C=O) groups excluding carboxylic acids is 2. The molecule has 192 valence electrons. The number of aromatic hydroxyl groups is 1. The van der Waals surface area contributed by atoms with E-state index in [-0.39, 0.29) is 48.0 Å². The Morgan fingerprint density at radius 1 is 1.17 bits per heavy atom. The van der Waals surface area contributed by atoms with Gasteiger partial charge in [0.25, 0.3) is 0 Å². The molecule has 35 heavy (non-hydrogen) atoms. The number of hydrogen-bond donors (Lipinski definition) is 4. The van der Waals surface area contributed by atoms with Gasteiger partial charge < -0.3 is 25.7 Å². The molecule has 7 nitrogen and oxygen atoms in total. The minimum absolute atomic E-state index is 0.108. The molecule has 0 spiro atoms. The number of likely N-dealkylation sites (tertiary alicyclic amines) is 1. The van der Waals surface area contributed by atoms with Crippen LogP contribution in [0.2, 0.25) is 0 Å². The Balaban J connectivity index is 1.72. The van der Waals surface area contributed by atoms with Crippen molar-refractivity contribution in [1.29, 1.82) is 0 Å². The zero-order chi connectivity index (χ0) is 26.1. The lowest BCUT2D eigenvalue weighted by Gasteiger charge is -2.39. The number of phenolic OH excluding ortho intramolecular Hbond substituents is 1. The van der Waals surface area contributed by atoms with E-state index in [1.54, 1.807) is 23.5 Å². The third-order valence-electron chi connectivity index (χ3n) is 6.22. The number of carbonyl (C=O) groups is 2. The number of nitrogens with zero attached hydrogens (tertiary/aromatic N) is 1. The summed E-state index contributed by atoms with van der Waals surface area (Å²) in [6.45, 7) is 14.2. The fourth-order valence-corrected chi connectivity index (χ4v) is 5.30. The Bertz CT molecular complexity index is 1070. The second-order valence-corrected chi connectivity index (χ2v) is 12.5. The summed E-state index contributed by atoms with van der Waals surface area (Å²) in [6, 6.07) is 6.21. The Morgan fingerprint density at radius 2 is 1.86 bits per heavy atom. The van der Waals surface area contributed by atoms with Gasteiger partial charge in [0.1, 0.15) is 11.8 Å². The van der Waals surface area contributed by atoms with Crippen LogP contribution in [0.15, 0.2) is 29.6 Å². The fraction of sp³-hybridized carbons (Fsp3) is 0.556. The maximum Gasteiger partial charge on any atom is 0.243 e. The van der Waals surface area contributed by atoms with Crippen molar-refractivity contribution >= 4 is 23.2 Å². The number of phenols is 1. The number of aliphatic hydroxyl groups excluding tert-OH is 1. The summed E-state index contributed by atoms with van der Waals surface area (Å²) in [5, 5.41) is 29.1. The molecule has 1 aromatic heterocycles. The minimum Gasteiger partial charge on any atom is -0.508 e. The molecule has 0 bridgehead atoms. The van der Waals surface area contributed by atoms with Gasteiger partial charge in [-0.2, -0.15) is 0 Å². The molecule has 4 N–H and O–H groups in total. The average Bonchev–Trinajstić information content (AvgIpc) is 3.34. The molecule has 2 aromatic rings. The highest BCUT2D eigenvalue weighted by molar-refractivity contribution is 7.13. The van der Waals surface area contributed by atoms with E-state index in [2.05, 4.69) is 10.6 Å². The maximum atomic E-state index is 13.6. The summed E-state index contributed by atoms with van der Waals surface area (Å²) in [5.41, 5.74) is 1.99. The highest BCUT2D eigenvalue weighted by atomic mass is 32.1. The van der Waals surface area contributed by atoms with E-state index < -0.39 is 18.2 Å². The van der Waals surface area contributed by atoms with E-state index in [0.717, 1.165) is 16.0 Å². The average molecular weight is 502 g/mol. The van der Waals surface area contributed by atoms with E-state index in [4.69, 9.17) is 0 Å². The molecule has 1 aliphatic rings. The van der Waals surface area contributed by atoms with Gasteiger partial charge in [0.15, 0.2) is 0 Å². The van der Waals surface area contributed by atoms with Crippen molar-refractivity contribution in [2.45, 2.75) is 85.2 Å². The zero-order valence-electron chi connectivity index (χ0n) is 21.8. The first-order valence-electron chi connectivity index (χ1n) is 12.1. The Kier molecular flexibility index (Phi) is 7.99. The number of hydrogen-bond acceptors (Lipinski definition) is 6. The van der Waals surface area contributed by atoms with Crippen LogP contribution in [-0.4, -0.2) is 57.2 Å². The van der Waals surface area contributed by atoms with Crippen LogP contribution < -0.4 is 10.6 Å². The first kappa shape index (κ1) is 27.2. The summed E-state index contributed by atoms with van der Waals surface area (Å²) in [5.74, 6) is -0.421. The lowest BCUT2D eigenvalue weighted by atomic mass is 9.84. The van der Waals surface area contributed by atoms with Crippen molar-refractivity contribution in [3.05, 3.63) is 40.8 Å². The van der Waals surface area contributed by atoms with Crippen molar-refractivity contribution in [3.63, 3.8) is 0 Å². The van der Waals surface area contributed by atoms with Crippen LogP contribution >= 0.6 is 11.3 Å². The number of aliphatic hydroxyl groups is 1. The predicted octanol–water partition coefficient (Wildman–Crippen LogP) is 3.81. The van der Waals surface area contributed by atoms with E-state index >= 15 is 0 Å². The molecule has 3 atom stereocenters. The van der Waals surface area contributed by atoms with Gasteiger partial charge in [0.05, 0.1) is 12.1 Å².